The second kappa shape index (κ2) is 9.00. The fourth-order valence-corrected chi connectivity index (χ4v) is 2.24. The van der Waals surface area contributed by atoms with E-state index in [4.69, 9.17) is 11.6 Å². The van der Waals surface area contributed by atoms with Crippen molar-refractivity contribution in [3.63, 3.8) is 0 Å². The van der Waals surface area contributed by atoms with Crippen LogP contribution in [0.25, 0.3) is 0 Å². The van der Waals surface area contributed by atoms with Crippen LogP contribution in [0.1, 0.15) is 10.4 Å². The summed E-state index contributed by atoms with van der Waals surface area (Å²) in [5.74, 6) is -1.25. The van der Waals surface area contributed by atoms with Gasteiger partial charge in [0.25, 0.3) is 0 Å². The lowest BCUT2D eigenvalue weighted by Crippen LogP contribution is -2.22. The van der Waals surface area contributed by atoms with E-state index in [2.05, 4.69) is 20.1 Å². The number of rotatable bonds is 7. The lowest BCUT2D eigenvalue weighted by molar-refractivity contribution is -0.114. The van der Waals surface area contributed by atoms with Gasteiger partial charge < -0.3 is 20.1 Å². The topological polar surface area (TPSA) is 76.7 Å². The molecule has 0 fully saturated rings. The number of carbonyl (C=O) groups excluding carboxylic acids is 2. The molecule has 0 aliphatic carbocycles. The van der Waals surface area contributed by atoms with E-state index in [-0.39, 0.29) is 28.6 Å². The van der Waals surface area contributed by atoms with E-state index in [0.717, 1.165) is 0 Å². The first-order valence-corrected chi connectivity index (χ1v) is 7.74. The van der Waals surface area contributed by atoms with Crippen LogP contribution in [-0.4, -0.2) is 32.1 Å². The number of hydrogen-bond donors (Lipinski definition) is 2. The molecule has 2 aromatic rings. The maximum atomic E-state index is 12.4. The molecule has 0 aliphatic heterocycles. The molecule has 0 aliphatic rings. The molecule has 0 unspecified atom stereocenters. The predicted octanol–water partition coefficient (Wildman–Crippen LogP) is 3.78. The molecule has 2 rings (SSSR count). The molecule has 2 aromatic carbocycles. The molecule has 1 amide bonds. The molecule has 0 radical (unpaired) electrons. The Morgan fingerprint density at radius 1 is 1.19 bits per heavy atom. The number of para-hydroxylation sites is 2. The predicted molar refractivity (Wildman–Crippen MR) is 93.0 cm³/mol. The van der Waals surface area contributed by atoms with E-state index < -0.39 is 18.5 Å². The average molecular weight is 385 g/mol. The quantitative estimate of drug-likeness (QED) is 0.710. The maximum Gasteiger partial charge on any atom is 0.387 e. The van der Waals surface area contributed by atoms with Gasteiger partial charge in [0.05, 0.1) is 29.9 Å². The number of alkyl halides is 2. The molecule has 138 valence electrons. The van der Waals surface area contributed by atoms with Crippen LogP contribution in [0, 0.1) is 0 Å². The van der Waals surface area contributed by atoms with Crippen molar-refractivity contribution in [2.45, 2.75) is 6.61 Å². The van der Waals surface area contributed by atoms with Gasteiger partial charge in [-0.2, -0.15) is 8.78 Å². The molecule has 2 N–H and O–H groups in total. The Kier molecular flexibility index (Phi) is 6.74. The highest BCUT2D eigenvalue weighted by Gasteiger charge is 2.13. The van der Waals surface area contributed by atoms with E-state index >= 15 is 0 Å². The molecular weight excluding hydrogens is 370 g/mol. The number of methoxy groups -OCH3 is 1. The second-order valence-corrected chi connectivity index (χ2v) is 5.37. The monoisotopic (exact) mass is 384 g/mol. The van der Waals surface area contributed by atoms with Crippen LogP contribution in [0.2, 0.25) is 5.02 Å². The van der Waals surface area contributed by atoms with Crippen LogP contribution < -0.4 is 15.4 Å². The maximum absolute atomic E-state index is 12.4. The van der Waals surface area contributed by atoms with Gasteiger partial charge in [-0.15, -0.1) is 0 Å². The van der Waals surface area contributed by atoms with Gasteiger partial charge in [-0.25, -0.2) is 4.79 Å². The molecule has 6 nitrogen and oxygen atoms in total. The third kappa shape index (κ3) is 5.32. The smallest absolute Gasteiger partial charge is 0.387 e. The number of benzene rings is 2. The van der Waals surface area contributed by atoms with Gasteiger partial charge in [0.1, 0.15) is 5.75 Å². The normalized spacial score (nSPS) is 10.3. The van der Waals surface area contributed by atoms with E-state index in [9.17, 15) is 18.4 Å². The van der Waals surface area contributed by atoms with E-state index in [0.29, 0.717) is 5.69 Å². The summed E-state index contributed by atoms with van der Waals surface area (Å²) in [7, 11) is 1.23. The summed E-state index contributed by atoms with van der Waals surface area (Å²) in [6.07, 6.45) is 0. The zero-order valence-electron chi connectivity index (χ0n) is 13.6. The molecule has 0 saturated carbocycles. The Labute approximate surface area is 153 Å². The zero-order valence-corrected chi connectivity index (χ0v) is 14.3. The average Bonchev–Trinajstić information content (AvgIpc) is 2.61. The lowest BCUT2D eigenvalue weighted by Gasteiger charge is -2.12. The first-order chi connectivity index (χ1) is 12.4. The summed E-state index contributed by atoms with van der Waals surface area (Å²) in [5, 5.41) is 5.49. The van der Waals surface area contributed by atoms with Crippen molar-refractivity contribution in [2.24, 2.45) is 0 Å². The SMILES string of the molecule is COC(=O)c1cc(NCC(=O)Nc2ccccc2OC(F)F)ccc1Cl. The van der Waals surface area contributed by atoms with Crippen LogP contribution in [0.4, 0.5) is 20.2 Å². The molecule has 0 heterocycles. The third-order valence-electron chi connectivity index (χ3n) is 3.20. The van der Waals surface area contributed by atoms with Crippen LogP contribution >= 0.6 is 11.6 Å². The Bertz CT molecular complexity index is 802. The highest BCUT2D eigenvalue weighted by molar-refractivity contribution is 6.33. The summed E-state index contributed by atoms with van der Waals surface area (Å²) < 4.78 is 33.7. The van der Waals surface area contributed by atoms with Crippen molar-refractivity contribution in [1.29, 1.82) is 0 Å². The highest BCUT2D eigenvalue weighted by Crippen LogP contribution is 2.25. The minimum Gasteiger partial charge on any atom is -0.465 e. The van der Waals surface area contributed by atoms with Crippen LogP contribution in [0.15, 0.2) is 42.5 Å². The fraction of sp³-hybridized carbons (Fsp3) is 0.176. The molecule has 0 atom stereocenters. The van der Waals surface area contributed by atoms with Gasteiger partial charge in [-0.05, 0) is 30.3 Å². The van der Waals surface area contributed by atoms with E-state index in [1.54, 1.807) is 12.1 Å². The molecule has 0 saturated heterocycles. The molecule has 0 aromatic heterocycles. The van der Waals surface area contributed by atoms with E-state index in [1.165, 1.54) is 37.4 Å². The standard InChI is InChI=1S/C17H15ClF2N2O4/c1-25-16(24)11-8-10(6-7-12(11)18)21-9-15(23)22-13-4-2-3-5-14(13)26-17(19)20/h2-8,17,21H,9H2,1H3,(H,22,23). The summed E-state index contributed by atoms with van der Waals surface area (Å²) in [4.78, 5) is 23.6. The number of halogens is 3. The van der Waals surface area contributed by atoms with Gasteiger partial charge >= 0.3 is 12.6 Å². The number of hydrogen-bond acceptors (Lipinski definition) is 5. The Morgan fingerprint density at radius 2 is 1.92 bits per heavy atom. The summed E-state index contributed by atoms with van der Waals surface area (Å²) in [5.41, 5.74) is 0.725. The van der Waals surface area contributed by atoms with Gasteiger partial charge in [-0.3, -0.25) is 4.79 Å². The van der Waals surface area contributed by atoms with Crippen molar-refractivity contribution in [3.8, 4) is 5.75 Å². The Balaban J connectivity index is 2.01. The molecular formula is C17H15ClF2N2O4. The molecule has 0 spiro atoms. The number of nitrogens with one attached hydrogen (secondary N) is 2. The number of anilines is 2. The molecule has 0 bridgehead atoms. The summed E-state index contributed by atoms with van der Waals surface area (Å²) in [6, 6.07) is 10.3. The first kappa shape index (κ1) is 19.5. The number of esters is 1. The highest BCUT2D eigenvalue weighted by atomic mass is 35.5. The van der Waals surface area contributed by atoms with Crippen LogP contribution in [-0.2, 0) is 9.53 Å². The van der Waals surface area contributed by atoms with Gasteiger partial charge in [0.15, 0.2) is 0 Å². The third-order valence-corrected chi connectivity index (χ3v) is 3.53. The van der Waals surface area contributed by atoms with Crippen LogP contribution in [0.5, 0.6) is 5.75 Å². The zero-order chi connectivity index (χ0) is 19.1. The Morgan fingerprint density at radius 3 is 2.62 bits per heavy atom. The van der Waals surface area contributed by atoms with Crippen molar-refractivity contribution in [2.75, 3.05) is 24.3 Å². The van der Waals surface area contributed by atoms with E-state index in [1.807, 2.05) is 0 Å². The number of amides is 1. The summed E-state index contributed by atoms with van der Waals surface area (Å²) in [6.45, 7) is -3.18. The molecule has 26 heavy (non-hydrogen) atoms. The van der Waals surface area contributed by atoms with Crippen LogP contribution in [0.3, 0.4) is 0 Å². The number of carbonyl (C=O) groups is 2. The largest absolute Gasteiger partial charge is 0.465 e. The summed E-state index contributed by atoms with van der Waals surface area (Å²) >= 11 is 5.92. The van der Waals surface area contributed by atoms with Crippen molar-refractivity contribution in [3.05, 3.63) is 53.1 Å². The van der Waals surface area contributed by atoms with Gasteiger partial charge in [0.2, 0.25) is 5.91 Å². The second-order valence-electron chi connectivity index (χ2n) is 4.96. The lowest BCUT2D eigenvalue weighted by atomic mass is 10.2. The van der Waals surface area contributed by atoms with Gasteiger partial charge in [0, 0.05) is 5.69 Å². The van der Waals surface area contributed by atoms with Gasteiger partial charge in [-0.1, -0.05) is 23.7 Å². The fourth-order valence-electron chi connectivity index (χ4n) is 2.05. The van der Waals surface area contributed by atoms with Crippen molar-refractivity contribution >= 4 is 34.9 Å². The minimum atomic E-state index is -3.00. The van der Waals surface area contributed by atoms with Crippen molar-refractivity contribution < 1.29 is 27.8 Å². The number of ether oxygens (including phenoxy) is 2. The molecule has 9 heteroatoms. The minimum absolute atomic E-state index is 0.117. The van der Waals surface area contributed by atoms with Crippen molar-refractivity contribution in [1.82, 2.24) is 0 Å². The first-order valence-electron chi connectivity index (χ1n) is 7.36. The Hall–Kier alpha value is -2.87.